The summed E-state index contributed by atoms with van der Waals surface area (Å²) in [6.45, 7) is 8.49. The second-order valence-corrected chi connectivity index (χ2v) is 6.73. The molecule has 1 N–H and O–H groups in total. The fourth-order valence-corrected chi connectivity index (χ4v) is 3.19. The number of ether oxygens (including phenoxy) is 1. The summed E-state index contributed by atoms with van der Waals surface area (Å²) in [5.74, 6) is 0.477. The quantitative estimate of drug-likeness (QED) is 0.878. The van der Waals surface area contributed by atoms with Crippen molar-refractivity contribution in [1.82, 2.24) is 19.6 Å². The number of hydrogen-bond acceptors (Lipinski definition) is 4. The lowest BCUT2D eigenvalue weighted by molar-refractivity contribution is 0.0124. The molecule has 0 aliphatic carbocycles. The van der Waals surface area contributed by atoms with Gasteiger partial charge in [-0.05, 0) is 24.5 Å². The number of imidazole rings is 1. The molecule has 0 radical (unpaired) electrons. The van der Waals surface area contributed by atoms with Crippen LogP contribution in [0.1, 0.15) is 30.8 Å². The SMILES string of the molecule is CC(C)C[C@H](CNC(=O)c1cn2ccccc2n1)N1CCOCC1. The number of carbonyl (C=O) groups is 1. The van der Waals surface area contributed by atoms with Crippen LogP contribution in [0.25, 0.3) is 5.65 Å². The molecule has 3 heterocycles. The van der Waals surface area contributed by atoms with E-state index in [0.717, 1.165) is 38.4 Å². The van der Waals surface area contributed by atoms with Crippen molar-refractivity contribution >= 4 is 11.6 Å². The third kappa shape index (κ3) is 4.13. The molecule has 3 rings (SSSR count). The average Bonchev–Trinajstić information content (AvgIpc) is 3.03. The fraction of sp³-hybridized carbons (Fsp3) is 0.556. The van der Waals surface area contributed by atoms with Gasteiger partial charge in [-0.2, -0.15) is 0 Å². The van der Waals surface area contributed by atoms with Crippen LogP contribution in [0.15, 0.2) is 30.6 Å². The van der Waals surface area contributed by atoms with Gasteiger partial charge in [-0.25, -0.2) is 4.98 Å². The summed E-state index contributed by atoms with van der Waals surface area (Å²) >= 11 is 0. The molecule has 1 fully saturated rings. The minimum absolute atomic E-state index is 0.110. The highest BCUT2D eigenvalue weighted by molar-refractivity contribution is 5.92. The van der Waals surface area contributed by atoms with Crippen LogP contribution >= 0.6 is 0 Å². The number of fused-ring (bicyclic) bond motifs is 1. The zero-order valence-electron chi connectivity index (χ0n) is 14.4. The zero-order chi connectivity index (χ0) is 16.9. The summed E-state index contributed by atoms with van der Waals surface area (Å²) in [5.41, 5.74) is 1.25. The third-order valence-electron chi connectivity index (χ3n) is 4.40. The summed E-state index contributed by atoms with van der Waals surface area (Å²) < 4.78 is 7.31. The van der Waals surface area contributed by atoms with Gasteiger partial charge in [-0.3, -0.25) is 9.69 Å². The molecule has 2 aromatic heterocycles. The molecule has 24 heavy (non-hydrogen) atoms. The Bertz CT molecular complexity index is 643. The van der Waals surface area contributed by atoms with Gasteiger partial charge in [-0.15, -0.1) is 0 Å². The monoisotopic (exact) mass is 330 g/mol. The van der Waals surface area contributed by atoms with Gasteiger partial charge in [0.05, 0.1) is 13.2 Å². The lowest BCUT2D eigenvalue weighted by Crippen LogP contribution is -2.49. The fourth-order valence-electron chi connectivity index (χ4n) is 3.19. The van der Waals surface area contributed by atoms with Gasteiger partial charge in [0.15, 0.2) is 0 Å². The van der Waals surface area contributed by atoms with Gasteiger partial charge in [0.1, 0.15) is 11.3 Å². The first kappa shape index (κ1) is 16.9. The van der Waals surface area contributed by atoms with E-state index in [2.05, 4.69) is 29.0 Å². The number of carbonyl (C=O) groups excluding carboxylic acids is 1. The lowest BCUT2D eigenvalue weighted by Gasteiger charge is -2.35. The first-order valence-electron chi connectivity index (χ1n) is 8.67. The van der Waals surface area contributed by atoms with Crippen molar-refractivity contribution in [3.05, 3.63) is 36.3 Å². The van der Waals surface area contributed by atoms with E-state index in [1.165, 1.54) is 0 Å². The van der Waals surface area contributed by atoms with Crippen LogP contribution in [0.5, 0.6) is 0 Å². The van der Waals surface area contributed by atoms with Crippen molar-refractivity contribution in [1.29, 1.82) is 0 Å². The summed E-state index contributed by atoms with van der Waals surface area (Å²) in [7, 11) is 0. The summed E-state index contributed by atoms with van der Waals surface area (Å²) in [6.07, 6.45) is 4.73. The van der Waals surface area contributed by atoms with Crippen molar-refractivity contribution in [2.24, 2.45) is 5.92 Å². The molecule has 6 heteroatoms. The van der Waals surface area contributed by atoms with Gasteiger partial charge in [0.25, 0.3) is 5.91 Å². The Balaban J connectivity index is 1.63. The van der Waals surface area contributed by atoms with E-state index in [0.29, 0.717) is 24.2 Å². The van der Waals surface area contributed by atoms with Gasteiger partial charge in [0.2, 0.25) is 0 Å². The minimum Gasteiger partial charge on any atom is -0.379 e. The minimum atomic E-state index is -0.110. The number of nitrogens with one attached hydrogen (secondary N) is 1. The molecule has 1 aliphatic rings. The molecule has 6 nitrogen and oxygen atoms in total. The average molecular weight is 330 g/mol. The molecule has 0 unspecified atom stereocenters. The molecule has 1 aliphatic heterocycles. The summed E-state index contributed by atoms with van der Waals surface area (Å²) in [6, 6.07) is 6.08. The van der Waals surface area contributed by atoms with Crippen molar-refractivity contribution in [3.63, 3.8) is 0 Å². The Morgan fingerprint density at radius 1 is 1.33 bits per heavy atom. The van der Waals surface area contributed by atoms with Gasteiger partial charge in [-0.1, -0.05) is 19.9 Å². The molecule has 0 saturated carbocycles. The Morgan fingerprint density at radius 2 is 2.12 bits per heavy atom. The van der Waals surface area contributed by atoms with E-state index in [1.54, 1.807) is 6.20 Å². The number of pyridine rings is 1. The molecule has 1 saturated heterocycles. The lowest BCUT2D eigenvalue weighted by atomic mass is 10.0. The highest BCUT2D eigenvalue weighted by Crippen LogP contribution is 2.13. The van der Waals surface area contributed by atoms with Crippen LogP contribution in [0, 0.1) is 5.92 Å². The number of hydrogen-bond donors (Lipinski definition) is 1. The first-order chi connectivity index (χ1) is 11.6. The maximum Gasteiger partial charge on any atom is 0.271 e. The Morgan fingerprint density at radius 3 is 2.83 bits per heavy atom. The molecule has 2 aromatic rings. The maximum atomic E-state index is 12.5. The van der Waals surface area contributed by atoms with E-state index in [1.807, 2.05) is 28.8 Å². The Hall–Kier alpha value is -1.92. The second-order valence-electron chi connectivity index (χ2n) is 6.73. The van der Waals surface area contributed by atoms with Crippen molar-refractivity contribution in [3.8, 4) is 0 Å². The first-order valence-corrected chi connectivity index (χ1v) is 8.67. The molecule has 1 atom stereocenters. The van der Waals surface area contributed by atoms with Gasteiger partial charge in [0, 0.05) is 38.1 Å². The predicted molar refractivity (Wildman–Crippen MR) is 93.2 cm³/mol. The summed E-state index contributed by atoms with van der Waals surface area (Å²) in [4.78, 5) is 19.3. The largest absolute Gasteiger partial charge is 0.379 e. The molecule has 0 spiro atoms. The van der Waals surface area contributed by atoms with E-state index < -0.39 is 0 Å². The number of nitrogens with zero attached hydrogens (tertiary/aromatic N) is 3. The number of amides is 1. The van der Waals surface area contributed by atoms with Crippen LogP contribution in [-0.4, -0.2) is 59.1 Å². The van der Waals surface area contributed by atoms with E-state index >= 15 is 0 Å². The van der Waals surface area contributed by atoms with Crippen LogP contribution in [0.2, 0.25) is 0 Å². The van der Waals surface area contributed by atoms with Gasteiger partial charge >= 0.3 is 0 Å². The highest BCUT2D eigenvalue weighted by Gasteiger charge is 2.23. The number of rotatable bonds is 6. The van der Waals surface area contributed by atoms with Crippen molar-refractivity contribution < 1.29 is 9.53 Å². The van der Waals surface area contributed by atoms with E-state index in [-0.39, 0.29) is 5.91 Å². The number of aromatic nitrogens is 2. The molecular formula is C18H26N4O2. The van der Waals surface area contributed by atoms with Crippen LogP contribution in [0.3, 0.4) is 0 Å². The zero-order valence-corrected chi connectivity index (χ0v) is 14.4. The normalized spacial score (nSPS) is 17.3. The molecule has 130 valence electrons. The highest BCUT2D eigenvalue weighted by atomic mass is 16.5. The van der Waals surface area contributed by atoms with E-state index in [4.69, 9.17) is 4.74 Å². The summed E-state index contributed by atoms with van der Waals surface area (Å²) in [5, 5.41) is 3.07. The smallest absolute Gasteiger partial charge is 0.271 e. The molecule has 0 bridgehead atoms. The number of morpholine rings is 1. The van der Waals surface area contributed by atoms with Crippen LogP contribution < -0.4 is 5.32 Å². The van der Waals surface area contributed by atoms with Gasteiger partial charge < -0.3 is 14.5 Å². The Kier molecular flexibility index (Phi) is 5.48. The third-order valence-corrected chi connectivity index (χ3v) is 4.40. The molecule has 1 amide bonds. The van der Waals surface area contributed by atoms with E-state index in [9.17, 15) is 4.79 Å². The van der Waals surface area contributed by atoms with Crippen LogP contribution in [-0.2, 0) is 4.74 Å². The van der Waals surface area contributed by atoms with Crippen molar-refractivity contribution in [2.75, 3.05) is 32.8 Å². The maximum absolute atomic E-state index is 12.5. The van der Waals surface area contributed by atoms with Crippen molar-refractivity contribution in [2.45, 2.75) is 26.3 Å². The molecule has 0 aromatic carbocycles. The molecular weight excluding hydrogens is 304 g/mol. The Labute approximate surface area is 142 Å². The standard InChI is InChI=1S/C18H26N4O2/c1-14(2)11-15(21-7-9-24-10-8-21)12-19-18(23)16-13-22-6-4-3-5-17(22)20-16/h3-6,13-15H,7-12H2,1-2H3,(H,19,23)/t15-/m1/s1. The second kappa shape index (κ2) is 7.77. The van der Waals surface area contributed by atoms with Crippen LogP contribution in [0.4, 0.5) is 0 Å². The predicted octanol–water partition coefficient (Wildman–Crippen LogP) is 1.81. The topological polar surface area (TPSA) is 58.9 Å².